The number of hydrogen-bond acceptors (Lipinski definition) is 4. The van der Waals surface area contributed by atoms with Crippen molar-refractivity contribution < 1.29 is 9.18 Å². The summed E-state index contributed by atoms with van der Waals surface area (Å²) in [6, 6.07) is 14.0. The molecule has 1 fully saturated rings. The van der Waals surface area contributed by atoms with Crippen molar-refractivity contribution in [2.75, 3.05) is 38.1 Å². The van der Waals surface area contributed by atoms with E-state index in [1.165, 1.54) is 12.1 Å². The molecule has 150 valence electrons. The molecule has 0 aliphatic carbocycles. The van der Waals surface area contributed by atoms with Gasteiger partial charge in [0.15, 0.2) is 0 Å². The van der Waals surface area contributed by atoms with Gasteiger partial charge in [-0.2, -0.15) is 0 Å². The average molecular weight is 392 g/mol. The fourth-order valence-electron chi connectivity index (χ4n) is 3.85. The summed E-state index contributed by atoms with van der Waals surface area (Å²) in [7, 11) is 2.10. The predicted molar refractivity (Wildman–Crippen MR) is 114 cm³/mol. The van der Waals surface area contributed by atoms with Crippen LogP contribution in [-0.4, -0.2) is 49.0 Å². The zero-order chi connectivity index (χ0) is 20.4. The van der Waals surface area contributed by atoms with Crippen LogP contribution in [0.25, 0.3) is 10.8 Å². The van der Waals surface area contributed by atoms with Gasteiger partial charge in [-0.25, -0.2) is 4.39 Å². The van der Waals surface area contributed by atoms with Crippen molar-refractivity contribution in [2.24, 2.45) is 0 Å². The van der Waals surface area contributed by atoms with E-state index in [1.54, 1.807) is 6.20 Å². The van der Waals surface area contributed by atoms with Gasteiger partial charge in [0.25, 0.3) is 5.91 Å². The van der Waals surface area contributed by atoms with Crippen LogP contribution in [-0.2, 0) is 0 Å². The summed E-state index contributed by atoms with van der Waals surface area (Å²) in [4.78, 5) is 21.8. The molecule has 29 heavy (non-hydrogen) atoms. The molecule has 1 unspecified atom stereocenters. The van der Waals surface area contributed by atoms with E-state index in [-0.39, 0.29) is 17.8 Å². The highest BCUT2D eigenvalue weighted by Gasteiger charge is 2.22. The van der Waals surface area contributed by atoms with E-state index in [0.29, 0.717) is 5.69 Å². The number of aromatic nitrogens is 1. The number of nitrogens with zero attached hydrogens (tertiary/aromatic N) is 3. The van der Waals surface area contributed by atoms with E-state index in [9.17, 15) is 9.18 Å². The number of likely N-dealkylation sites (N-methyl/N-ethyl adjacent to an activating group) is 1. The molecule has 0 radical (unpaired) electrons. The molecule has 0 saturated carbocycles. The van der Waals surface area contributed by atoms with Crippen LogP contribution in [0.5, 0.6) is 0 Å². The third-order valence-electron chi connectivity index (χ3n) is 5.54. The Bertz CT molecular complexity index is 1030. The lowest BCUT2D eigenvalue weighted by molar-refractivity contribution is 0.0936. The second kappa shape index (κ2) is 8.17. The third kappa shape index (κ3) is 4.07. The number of carbonyl (C=O) groups excluding carboxylic acids is 1. The van der Waals surface area contributed by atoms with E-state index < -0.39 is 0 Å². The second-order valence-corrected chi connectivity index (χ2v) is 7.57. The van der Waals surface area contributed by atoms with E-state index in [4.69, 9.17) is 0 Å². The van der Waals surface area contributed by atoms with Gasteiger partial charge in [0.2, 0.25) is 0 Å². The van der Waals surface area contributed by atoms with Gasteiger partial charge in [0.05, 0.1) is 6.04 Å². The Hall–Kier alpha value is -2.99. The summed E-state index contributed by atoms with van der Waals surface area (Å²) in [5.41, 5.74) is 2.13. The minimum atomic E-state index is -0.353. The highest BCUT2D eigenvalue weighted by atomic mass is 19.1. The minimum absolute atomic E-state index is 0.261. The normalized spacial score (nSPS) is 16.0. The first-order valence-electron chi connectivity index (χ1n) is 9.90. The van der Waals surface area contributed by atoms with E-state index in [2.05, 4.69) is 27.1 Å². The average Bonchev–Trinajstić information content (AvgIpc) is 2.74. The number of rotatable bonds is 4. The Morgan fingerprint density at radius 1 is 1.10 bits per heavy atom. The number of fused-ring (bicyclic) bond motifs is 1. The smallest absolute Gasteiger partial charge is 0.270 e. The number of nitrogens with one attached hydrogen (secondary N) is 1. The molecule has 6 heteroatoms. The highest BCUT2D eigenvalue weighted by Crippen LogP contribution is 2.29. The molecule has 2 heterocycles. The van der Waals surface area contributed by atoms with Crippen LogP contribution < -0.4 is 10.2 Å². The summed E-state index contributed by atoms with van der Waals surface area (Å²) in [6.07, 6.45) is 1.64. The fourth-order valence-corrected chi connectivity index (χ4v) is 3.85. The van der Waals surface area contributed by atoms with Crippen LogP contribution in [0.1, 0.15) is 29.0 Å². The van der Waals surface area contributed by atoms with Crippen molar-refractivity contribution in [2.45, 2.75) is 13.0 Å². The van der Waals surface area contributed by atoms with Gasteiger partial charge in [-0.15, -0.1) is 0 Å². The molecule has 1 aromatic heterocycles. The summed E-state index contributed by atoms with van der Waals surface area (Å²) in [5, 5.41) is 4.78. The van der Waals surface area contributed by atoms with E-state index >= 15 is 0 Å². The number of piperazine rings is 1. The van der Waals surface area contributed by atoms with E-state index in [0.717, 1.165) is 48.2 Å². The number of hydrogen-bond donors (Lipinski definition) is 1. The van der Waals surface area contributed by atoms with Crippen LogP contribution in [0.4, 0.5) is 10.1 Å². The second-order valence-electron chi connectivity index (χ2n) is 7.57. The Kier molecular flexibility index (Phi) is 5.45. The van der Waals surface area contributed by atoms with Crippen molar-refractivity contribution >= 4 is 22.4 Å². The Morgan fingerprint density at radius 2 is 1.86 bits per heavy atom. The van der Waals surface area contributed by atoms with Gasteiger partial charge in [-0.3, -0.25) is 9.78 Å². The zero-order valence-electron chi connectivity index (χ0n) is 16.7. The molecular formula is C23H25FN4O. The monoisotopic (exact) mass is 392 g/mol. The molecule has 4 rings (SSSR count). The molecule has 3 aromatic rings. The summed E-state index contributed by atoms with van der Waals surface area (Å²) < 4.78 is 14.1. The standard InChI is InChI=1S/C23H25FN4O/c1-16(26-23(29)22-19-6-4-3-5-17(19)9-10-25-22)20-15-18(24)7-8-21(20)28-13-11-27(2)12-14-28/h3-10,15-16H,11-14H2,1-2H3,(H,26,29). The van der Waals surface area contributed by atoms with Crippen molar-refractivity contribution in [3.63, 3.8) is 0 Å². The number of pyridine rings is 1. The predicted octanol–water partition coefficient (Wildman–Crippen LogP) is 3.62. The summed E-state index contributed by atoms with van der Waals surface area (Å²) in [6.45, 7) is 5.55. The molecular weight excluding hydrogens is 367 g/mol. The Labute approximate surface area is 170 Å². The van der Waals surface area contributed by atoms with Crippen LogP contribution in [0, 0.1) is 5.82 Å². The van der Waals surface area contributed by atoms with Crippen LogP contribution in [0.15, 0.2) is 54.7 Å². The molecule has 1 N–H and O–H groups in total. The van der Waals surface area contributed by atoms with Crippen molar-refractivity contribution in [1.82, 2.24) is 15.2 Å². The van der Waals surface area contributed by atoms with E-state index in [1.807, 2.05) is 43.3 Å². The van der Waals surface area contributed by atoms with Gasteiger partial charge in [0, 0.05) is 49.0 Å². The van der Waals surface area contributed by atoms with Gasteiger partial charge >= 0.3 is 0 Å². The first kappa shape index (κ1) is 19.3. The number of amides is 1. The molecule has 0 spiro atoms. The largest absolute Gasteiger partial charge is 0.369 e. The molecule has 1 aliphatic heterocycles. The van der Waals surface area contributed by atoms with Gasteiger partial charge < -0.3 is 15.1 Å². The van der Waals surface area contributed by atoms with Crippen LogP contribution in [0.3, 0.4) is 0 Å². The van der Waals surface area contributed by atoms with Gasteiger partial charge in [-0.1, -0.05) is 24.3 Å². The molecule has 1 aliphatic rings. The van der Waals surface area contributed by atoms with Crippen molar-refractivity contribution in [1.29, 1.82) is 0 Å². The molecule has 5 nitrogen and oxygen atoms in total. The van der Waals surface area contributed by atoms with Crippen molar-refractivity contribution in [3.8, 4) is 0 Å². The summed E-state index contributed by atoms with van der Waals surface area (Å²) >= 11 is 0. The van der Waals surface area contributed by atoms with Crippen LogP contribution in [0.2, 0.25) is 0 Å². The fraction of sp³-hybridized carbons (Fsp3) is 0.304. The Morgan fingerprint density at radius 3 is 2.66 bits per heavy atom. The molecule has 2 aromatic carbocycles. The minimum Gasteiger partial charge on any atom is -0.369 e. The molecule has 1 saturated heterocycles. The Balaban J connectivity index is 1.60. The quantitative estimate of drug-likeness (QED) is 0.737. The lowest BCUT2D eigenvalue weighted by Gasteiger charge is -2.36. The number of anilines is 1. The lowest BCUT2D eigenvalue weighted by Crippen LogP contribution is -2.45. The first-order valence-corrected chi connectivity index (χ1v) is 9.90. The SMILES string of the molecule is CC(NC(=O)c1nccc2ccccc12)c1cc(F)ccc1N1CCN(C)CC1. The van der Waals surface area contributed by atoms with Gasteiger partial charge in [-0.05, 0) is 43.6 Å². The maximum atomic E-state index is 14.1. The third-order valence-corrected chi connectivity index (χ3v) is 5.54. The summed E-state index contributed by atoms with van der Waals surface area (Å²) in [5.74, 6) is -0.565. The first-order chi connectivity index (χ1) is 14.0. The lowest BCUT2D eigenvalue weighted by atomic mass is 10.0. The number of benzene rings is 2. The van der Waals surface area contributed by atoms with Crippen molar-refractivity contribution in [3.05, 3.63) is 71.8 Å². The molecule has 1 amide bonds. The number of halogens is 1. The molecule has 0 bridgehead atoms. The van der Waals surface area contributed by atoms with Gasteiger partial charge in [0.1, 0.15) is 11.5 Å². The van der Waals surface area contributed by atoms with Crippen LogP contribution >= 0.6 is 0 Å². The number of carbonyl (C=O) groups is 1. The molecule has 1 atom stereocenters. The highest BCUT2D eigenvalue weighted by molar-refractivity contribution is 6.05. The maximum Gasteiger partial charge on any atom is 0.270 e. The zero-order valence-corrected chi connectivity index (χ0v) is 16.7. The maximum absolute atomic E-state index is 14.1. The topological polar surface area (TPSA) is 48.5 Å².